The summed E-state index contributed by atoms with van der Waals surface area (Å²) in [6, 6.07) is 5.06. The van der Waals surface area contributed by atoms with E-state index in [2.05, 4.69) is 10.2 Å². The molecule has 102 valence electrons. The van der Waals surface area contributed by atoms with Crippen LogP contribution in [-0.4, -0.2) is 31.8 Å². The van der Waals surface area contributed by atoms with E-state index in [4.69, 9.17) is 26.7 Å². The van der Waals surface area contributed by atoms with Gasteiger partial charge in [0.1, 0.15) is 0 Å². The number of primary amides is 1. The molecular formula is C11H16N5O3+. The van der Waals surface area contributed by atoms with Gasteiger partial charge in [0, 0.05) is 10.7 Å². The molecule has 0 spiro atoms. The first-order valence-corrected chi connectivity index (χ1v) is 5.29. The summed E-state index contributed by atoms with van der Waals surface area (Å²) in [7, 11) is 1.49. The van der Waals surface area contributed by atoms with Crippen LogP contribution in [0.15, 0.2) is 23.3 Å². The van der Waals surface area contributed by atoms with Crippen LogP contribution in [0.2, 0.25) is 0 Å². The van der Waals surface area contributed by atoms with Crippen molar-refractivity contribution < 1.29 is 19.4 Å². The van der Waals surface area contributed by atoms with Crippen molar-refractivity contribution >= 4 is 18.1 Å². The number of carbonyl (C=O) groups excluding carboxylic acids is 1. The zero-order chi connectivity index (χ0) is 14.3. The zero-order valence-electron chi connectivity index (χ0n) is 10.4. The molecule has 0 atom stereocenters. The lowest BCUT2D eigenvalue weighted by Gasteiger charge is -2.09. The number of carbonyl (C=O) groups is 1. The number of guanidine groups is 1. The van der Waals surface area contributed by atoms with E-state index in [1.54, 1.807) is 24.4 Å². The van der Waals surface area contributed by atoms with Gasteiger partial charge in [0.2, 0.25) is 6.21 Å². The highest BCUT2D eigenvalue weighted by molar-refractivity contribution is 5.78. The van der Waals surface area contributed by atoms with E-state index in [1.165, 1.54) is 7.11 Å². The molecule has 8 heteroatoms. The molecule has 0 aliphatic rings. The Balaban J connectivity index is 2.86. The Hall–Kier alpha value is -2.77. The third-order valence-electron chi connectivity index (χ3n) is 1.98. The number of amides is 1. The van der Waals surface area contributed by atoms with Crippen molar-refractivity contribution in [1.29, 1.82) is 0 Å². The molecule has 19 heavy (non-hydrogen) atoms. The summed E-state index contributed by atoms with van der Waals surface area (Å²) in [6.07, 6.45) is 1.57. The van der Waals surface area contributed by atoms with E-state index in [0.717, 1.165) is 5.56 Å². The van der Waals surface area contributed by atoms with Crippen molar-refractivity contribution in [2.45, 2.75) is 0 Å². The maximum absolute atomic E-state index is 10.6. The molecule has 0 bridgehead atoms. The van der Waals surface area contributed by atoms with E-state index in [0.29, 0.717) is 11.5 Å². The number of nitrogens with two attached hydrogens (primary N) is 3. The highest BCUT2D eigenvalue weighted by atomic mass is 16.5. The van der Waals surface area contributed by atoms with Gasteiger partial charge in [-0.05, 0) is 18.2 Å². The highest BCUT2D eigenvalue weighted by Gasteiger charge is 2.07. The maximum atomic E-state index is 10.6. The van der Waals surface area contributed by atoms with Crippen molar-refractivity contribution in [1.82, 2.24) is 0 Å². The molecule has 0 fully saturated rings. The number of hydrogen-bond acceptors (Lipinski definition) is 4. The van der Waals surface area contributed by atoms with Crippen LogP contribution in [0.25, 0.3) is 0 Å². The molecule has 1 rings (SSSR count). The molecule has 0 radical (unpaired) electrons. The van der Waals surface area contributed by atoms with Gasteiger partial charge in [-0.3, -0.25) is 4.79 Å². The molecule has 0 aromatic heterocycles. The van der Waals surface area contributed by atoms with Crippen molar-refractivity contribution in [3.8, 4) is 11.5 Å². The number of ether oxygens (including phenoxy) is 2. The maximum Gasteiger partial charge on any atom is 0.256 e. The predicted octanol–water partition coefficient (Wildman–Crippen LogP) is -2.75. The Labute approximate surface area is 109 Å². The van der Waals surface area contributed by atoms with Gasteiger partial charge < -0.3 is 26.7 Å². The average molecular weight is 266 g/mol. The summed E-state index contributed by atoms with van der Waals surface area (Å²) in [5.74, 6) is 0.235. The van der Waals surface area contributed by atoms with Gasteiger partial charge in [0.25, 0.3) is 11.9 Å². The molecule has 7 N–H and O–H groups in total. The third kappa shape index (κ3) is 4.94. The Morgan fingerprint density at radius 3 is 2.68 bits per heavy atom. The molecule has 8 nitrogen and oxygen atoms in total. The lowest BCUT2D eigenvalue weighted by molar-refractivity contribution is -0.456. The second-order valence-electron chi connectivity index (χ2n) is 3.48. The van der Waals surface area contributed by atoms with Crippen LogP contribution in [0.4, 0.5) is 0 Å². The van der Waals surface area contributed by atoms with Gasteiger partial charge >= 0.3 is 0 Å². The number of rotatable bonds is 6. The van der Waals surface area contributed by atoms with Crippen LogP contribution >= 0.6 is 0 Å². The van der Waals surface area contributed by atoms with Crippen LogP contribution in [-0.2, 0) is 4.79 Å². The Morgan fingerprint density at radius 2 is 2.11 bits per heavy atom. The SMILES string of the molecule is COc1cc(/C=[NH+]/N=C(N)N)ccc1OCC(N)=O. The molecule has 0 saturated heterocycles. The zero-order valence-corrected chi connectivity index (χ0v) is 10.4. The summed E-state index contributed by atoms with van der Waals surface area (Å²) >= 11 is 0. The van der Waals surface area contributed by atoms with Gasteiger partial charge in [-0.15, -0.1) is 5.10 Å². The largest absolute Gasteiger partial charge is 0.493 e. The average Bonchev–Trinajstić information content (AvgIpc) is 2.36. The normalized spacial score (nSPS) is 10.2. The number of nitrogens with one attached hydrogen (secondary N) is 1. The van der Waals surface area contributed by atoms with Gasteiger partial charge in [-0.2, -0.15) is 0 Å². The van der Waals surface area contributed by atoms with Gasteiger partial charge in [-0.1, -0.05) is 0 Å². The predicted molar refractivity (Wildman–Crippen MR) is 69.6 cm³/mol. The molecule has 1 aromatic rings. The number of hydrazone groups is 1. The first kappa shape index (κ1) is 14.3. The molecule has 0 saturated carbocycles. The summed E-state index contributed by atoms with van der Waals surface area (Å²) in [5.41, 5.74) is 16.1. The van der Waals surface area contributed by atoms with E-state index < -0.39 is 5.91 Å². The van der Waals surface area contributed by atoms with E-state index in [1.807, 2.05) is 0 Å². The smallest absolute Gasteiger partial charge is 0.256 e. The second-order valence-corrected chi connectivity index (χ2v) is 3.48. The van der Waals surface area contributed by atoms with Crippen molar-refractivity contribution in [2.75, 3.05) is 13.7 Å². The summed E-state index contributed by atoms with van der Waals surface area (Å²) < 4.78 is 10.3. The topological polar surface area (TPSA) is 140 Å². The minimum absolute atomic E-state index is 0.0790. The molecule has 0 unspecified atom stereocenters. The first-order valence-electron chi connectivity index (χ1n) is 5.29. The molecule has 0 aliphatic heterocycles. The van der Waals surface area contributed by atoms with Crippen molar-refractivity contribution in [2.24, 2.45) is 22.3 Å². The second kappa shape index (κ2) is 6.84. The standard InChI is InChI=1S/C11H15N5O3/c1-18-9-4-7(5-15-16-11(13)14)2-3-8(9)19-6-10(12)17/h2-5H,6H2,1H3,(H2,12,17)(H4,13,14,16)/p+1/b15-5+. The number of benzene rings is 1. The minimum Gasteiger partial charge on any atom is -0.493 e. The van der Waals surface area contributed by atoms with E-state index in [-0.39, 0.29) is 12.6 Å². The van der Waals surface area contributed by atoms with Gasteiger partial charge in [-0.25, -0.2) is 0 Å². The summed E-state index contributed by atoms with van der Waals surface area (Å²) in [4.78, 5) is 10.6. The fourth-order valence-electron chi connectivity index (χ4n) is 1.22. The van der Waals surface area contributed by atoms with Crippen LogP contribution in [0, 0.1) is 0 Å². The van der Waals surface area contributed by atoms with Crippen LogP contribution < -0.4 is 31.8 Å². The number of nitrogens with zero attached hydrogens (tertiary/aromatic N) is 1. The molecule has 1 aromatic carbocycles. The summed E-state index contributed by atoms with van der Waals surface area (Å²) in [5, 5.41) is 6.16. The molecule has 1 amide bonds. The van der Waals surface area contributed by atoms with Crippen LogP contribution in [0.3, 0.4) is 0 Å². The lowest BCUT2D eigenvalue weighted by atomic mass is 10.2. The first-order chi connectivity index (χ1) is 9.02. The van der Waals surface area contributed by atoms with Crippen molar-refractivity contribution in [3.05, 3.63) is 23.8 Å². The van der Waals surface area contributed by atoms with Crippen LogP contribution in [0.1, 0.15) is 5.56 Å². The van der Waals surface area contributed by atoms with Gasteiger partial charge in [0.15, 0.2) is 18.1 Å². The Morgan fingerprint density at radius 1 is 1.37 bits per heavy atom. The number of hydrogen-bond donors (Lipinski definition) is 4. The van der Waals surface area contributed by atoms with Crippen molar-refractivity contribution in [3.63, 3.8) is 0 Å². The molecule has 0 heterocycles. The molecular weight excluding hydrogens is 250 g/mol. The van der Waals surface area contributed by atoms with Gasteiger partial charge in [0.05, 0.1) is 7.11 Å². The van der Waals surface area contributed by atoms with Crippen LogP contribution in [0.5, 0.6) is 11.5 Å². The minimum atomic E-state index is -0.563. The lowest BCUT2D eigenvalue weighted by Crippen LogP contribution is -2.63. The van der Waals surface area contributed by atoms with E-state index in [9.17, 15) is 4.79 Å². The van der Waals surface area contributed by atoms with E-state index >= 15 is 0 Å². The Bertz CT molecular complexity index is 509. The highest BCUT2D eigenvalue weighted by Crippen LogP contribution is 2.27. The summed E-state index contributed by atoms with van der Waals surface area (Å²) in [6.45, 7) is -0.217. The molecule has 0 aliphatic carbocycles. The quantitative estimate of drug-likeness (QED) is 0.251. The monoisotopic (exact) mass is 266 g/mol. The number of methoxy groups -OCH3 is 1. The fraction of sp³-hybridized carbons (Fsp3) is 0.182. The fourth-order valence-corrected chi connectivity index (χ4v) is 1.22. The third-order valence-corrected chi connectivity index (χ3v) is 1.98. The Kier molecular flexibility index (Phi) is 5.15.